The molecule has 1 aromatic carbocycles. The highest BCUT2D eigenvalue weighted by Gasteiger charge is 2.30. The van der Waals surface area contributed by atoms with Crippen molar-refractivity contribution < 1.29 is 14.3 Å². The van der Waals surface area contributed by atoms with Crippen molar-refractivity contribution >= 4 is 11.9 Å². The minimum absolute atomic E-state index is 0.0588. The van der Waals surface area contributed by atoms with Gasteiger partial charge in [0.25, 0.3) is 0 Å². The summed E-state index contributed by atoms with van der Waals surface area (Å²) in [5.74, 6) is 0.549. The smallest absolute Gasteiger partial charge is 0.306 e. The molecular weight excluding hydrogens is 290 g/mol. The van der Waals surface area contributed by atoms with Crippen LogP contribution in [0.2, 0.25) is 0 Å². The van der Waals surface area contributed by atoms with Crippen molar-refractivity contribution in [2.75, 3.05) is 6.61 Å². The third-order valence-electron chi connectivity index (χ3n) is 3.56. The van der Waals surface area contributed by atoms with Crippen molar-refractivity contribution in [2.24, 2.45) is 10.4 Å². The highest BCUT2D eigenvalue weighted by molar-refractivity contribution is 5.80. The minimum atomic E-state index is -0.451. The van der Waals surface area contributed by atoms with Crippen LogP contribution in [0.4, 0.5) is 0 Å². The molecular formula is C19H27NO3. The van der Waals surface area contributed by atoms with E-state index in [4.69, 9.17) is 9.47 Å². The van der Waals surface area contributed by atoms with Crippen LogP contribution in [0, 0.1) is 5.41 Å². The van der Waals surface area contributed by atoms with E-state index in [1.54, 1.807) is 0 Å². The molecule has 0 fully saturated rings. The van der Waals surface area contributed by atoms with Crippen LogP contribution in [0.25, 0.3) is 0 Å². The molecule has 1 aliphatic rings. The van der Waals surface area contributed by atoms with Gasteiger partial charge in [-0.25, -0.2) is 4.99 Å². The molecule has 0 saturated heterocycles. The normalized spacial score (nSPS) is 18.3. The predicted molar refractivity (Wildman–Crippen MR) is 91.4 cm³/mol. The van der Waals surface area contributed by atoms with E-state index in [1.165, 1.54) is 0 Å². The van der Waals surface area contributed by atoms with Crippen molar-refractivity contribution in [3.63, 3.8) is 0 Å². The Labute approximate surface area is 138 Å². The van der Waals surface area contributed by atoms with Gasteiger partial charge < -0.3 is 9.47 Å². The second-order valence-corrected chi connectivity index (χ2v) is 7.86. The van der Waals surface area contributed by atoms with E-state index in [-0.39, 0.29) is 17.4 Å². The molecule has 23 heavy (non-hydrogen) atoms. The monoisotopic (exact) mass is 317 g/mol. The molecule has 1 aliphatic heterocycles. The molecule has 4 heteroatoms. The third kappa shape index (κ3) is 5.70. The molecule has 1 atom stereocenters. The van der Waals surface area contributed by atoms with Crippen LogP contribution >= 0.6 is 0 Å². The van der Waals surface area contributed by atoms with Gasteiger partial charge in [0.15, 0.2) is 5.90 Å². The van der Waals surface area contributed by atoms with E-state index in [9.17, 15) is 4.79 Å². The highest BCUT2D eigenvalue weighted by Crippen LogP contribution is 2.31. The maximum absolute atomic E-state index is 12.0. The first kappa shape index (κ1) is 17.5. The van der Waals surface area contributed by atoms with Gasteiger partial charge in [0.2, 0.25) is 0 Å². The van der Waals surface area contributed by atoms with Crippen molar-refractivity contribution in [3.8, 4) is 0 Å². The van der Waals surface area contributed by atoms with Gasteiger partial charge >= 0.3 is 5.97 Å². The Kier molecular flexibility index (Phi) is 5.12. The quantitative estimate of drug-likeness (QED) is 0.761. The summed E-state index contributed by atoms with van der Waals surface area (Å²) in [6, 6.07) is 10.2. The van der Waals surface area contributed by atoms with Crippen molar-refractivity contribution in [1.29, 1.82) is 0 Å². The van der Waals surface area contributed by atoms with Gasteiger partial charge in [0.05, 0.1) is 6.42 Å². The molecule has 1 heterocycles. The number of esters is 1. The van der Waals surface area contributed by atoms with Gasteiger partial charge in [-0.05, 0) is 31.7 Å². The number of hydrogen-bond acceptors (Lipinski definition) is 4. The number of rotatable bonds is 5. The summed E-state index contributed by atoms with van der Waals surface area (Å²) in [6.45, 7) is 10.3. The lowest BCUT2D eigenvalue weighted by molar-refractivity contribution is -0.157. The fourth-order valence-electron chi connectivity index (χ4n) is 2.61. The van der Waals surface area contributed by atoms with Gasteiger partial charge in [0, 0.05) is 6.42 Å². The molecule has 126 valence electrons. The summed E-state index contributed by atoms with van der Waals surface area (Å²) in [7, 11) is 0. The Morgan fingerprint density at radius 1 is 1.22 bits per heavy atom. The lowest BCUT2D eigenvalue weighted by Gasteiger charge is -2.26. The van der Waals surface area contributed by atoms with Gasteiger partial charge in [-0.3, -0.25) is 4.79 Å². The predicted octanol–water partition coefficient (Wildman–Crippen LogP) is 4.30. The molecule has 0 aromatic heterocycles. The van der Waals surface area contributed by atoms with E-state index in [0.717, 1.165) is 11.5 Å². The van der Waals surface area contributed by atoms with E-state index < -0.39 is 5.60 Å². The molecule has 0 N–H and O–H groups in total. The van der Waals surface area contributed by atoms with E-state index >= 15 is 0 Å². The zero-order valence-corrected chi connectivity index (χ0v) is 14.8. The Balaban J connectivity index is 1.94. The summed E-state index contributed by atoms with van der Waals surface area (Å²) < 4.78 is 11.1. The fraction of sp³-hybridized carbons (Fsp3) is 0.579. The van der Waals surface area contributed by atoms with Crippen molar-refractivity contribution in [2.45, 2.75) is 59.1 Å². The summed E-state index contributed by atoms with van der Waals surface area (Å²) in [5, 5.41) is 0. The molecule has 0 spiro atoms. The first-order valence-electron chi connectivity index (χ1n) is 8.11. The van der Waals surface area contributed by atoms with Gasteiger partial charge in [-0.2, -0.15) is 0 Å². The maximum Gasteiger partial charge on any atom is 0.306 e. The van der Waals surface area contributed by atoms with E-state index in [2.05, 4.69) is 17.1 Å². The van der Waals surface area contributed by atoms with E-state index in [1.807, 2.05) is 52.8 Å². The first-order valence-corrected chi connectivity index (χ1v) is 8.11. The molecule has 2 rings (SSSR count). The number of nitrogens with zero attached hydrogens (tertiary/aromatic N) is 1. The average Bonchev–Trinajstić information content (AvgIpc) is 2.84. The highest BCUT2D eigenvalue weighted by atomic mass is 16.6. The standard InChI is InChI=1S/C19H27NO3/c1-18(2,3)23-17(21)12-19(4,5)11-16-20-15(13-22-16)14-9-7-6-8-10-14/h6-10,15H,11-13H2,1-5H3/t15-/m0/s1. The van der Waals surface area contributed by atoms with Crippen LogP contribution < -0.4 is 0 Å². The lowest BCUT2D eigenvalue weighted by atomic mass is 9.85. The Hall–Kier alpha value is -1.84. The number of aliphatic imine (C=N–C) groups is 1. The Bertz CT molecular complexity index is 570. The second kappa shape index (κ2) is 6.73. The maximum atomic E-state index is 12.0. The Morgan fingerprint density at radius 3 is 2.48 bits per heavy atom. The second-order valence-electron chi connectivity index (χ2n) is 7.86. The lowest BCUT2D eigenvalue weighted by Crippen LogP contribution is -2.28. The van der Waals surface area contributed by atoms with Crippen LogP contribution in [0.15, 0.2) is 35.3 Å². The zero-order valence-electron chi connectivity index (χ0n) is 14.8. The van der Waals surface area contributed by atoms with Crippen LogP contribution in [0.5, 0.6) is 0 Å². The van der Waals surface area contributed by atoms with Gasteiger partial charge in [-0.15, -0.1) is 0 Å². The first-order chi connectivity index (χ1) is 10.6. The number of carbonyl (C=O) groups is 1. The van der Waals surface area contributed by atoms with Crippen molar-refractivity contribution in [1.82, 2.24) is 0 Å². The van der Waals surface area contributed by atoms with E-state index in [0.29, 0.717) is 19.4 Å². The summed E-state index contributed by atoms with van der Waals surface area (Å²) in [4.78, 5) is 16.7. The Morgan fingerprint density at radius 2 is 1.87 bits per heavy atom. The number of carbonyl (C=O) groups excluding carboxylic acids is 1. The summed E-state index contributed by atoms with van der Waals surface area (Å²) in [6.07, 6.45) is 0.984. The number of benzene rings is 1. The topological polar surface area (TPSA) is 47.9 Å². The molecule has 4 nitrogen and oxygen atoms in total. The average molecular weight is 317 g/mol. The summed E-state index contributed by atoms with van der Waals surface area (Å²) >= 11 is 0. The molecule has 0 radical (unpaired) electrons. The van der Waals surface area contributed by atoms with Crippen molar-refractivity contribution in [3.05, 3.63) is 35.9 Å². The van der Waals surface area contributed by atoms with Crippen LogP contribution in [-0.4, -0.2) is 24.1 Å². The van der Waals surface area contributed by atoms with Gasteiger partial charge in [-0.1, -0.05) is 44.2 Å². The fourth-order valence-corrected chi connectivity index (χ4v) is 2.61. The van der Waals surface area contributed by atoms with Crippen LogP contribution in [-0.2, 0) is 14.3 Å². The number of ether oxygens (including phenoxy) is 2. The zero-order chi connectivity index (χ0) is 17.1. The van der Waals surface area contributed by atoms with Gasteiger partial charge in [0.1, 0.15) is 18.2 Å². The summed E-state index contributed by atoms with van der Waals surface area (Å²) in [5.41, 5.74) is 0.465. The van der Waals surface area contributed by atoms with Crippen LogP contribution in [0.1, 0.15) is 59.1 Å². The molecule has 0 amide bonds. The third-order valence-corrected chi connectivity index (χ3v) is 3.56. The largest absolute Gasteiger partial charge is 0.478 e. The molecule has 1 aromatic rings. The SMILES string of the molecule is CC(C)(CC(=O)OC(C)(C)C)CC1=N[C@H](c2ccccc2)CO1. The minimum Gasteiger partial charge on any atom is -0.478 e. The van der Waals surface area contributed by atoms with Crippen LogP contribution in [0.3, 0.4) is 0 Å². The number of hydrogen-bond donors (Lipinski definition) is 0. The molecule has 0 aliphatic carbocycles. The molecule has 0 saturated carbocycles. The molecule has 0 unspecified atom stereocenters. The molecule has 0 bridgehead atoms.